The number of aromatic amines is 1. The summed E-state index contributed by atoms with van der Waals surface area (Å²) in [5.41, 5.74) is 2.22. The largest absolute Gasteiger partial charge is 0.489 e. The van der Waals surface area contributed by atoms with Crippen molar-refractivity contribution in [1.82, 2.24) is 9.97 Å². The minimum atomic E-state index is -0.969. The molecule has 0 spiro atoms. The molecule has 0 saturated heterocycles. The molecule has 0 aliphatic carbocycles. The second-order valence-electron chi connectivity index (χ2n) is 6.25. The van der Waals surface area contributed by atoms with Gasteiger partial charge in [0.1, 0.15) is 18.2 Å². The normalized spacial score (nSPS) is 10.7. The molecule has 3 aromatic carbocycles. The molecule has 0 unspecified atom stereocenters. The van der Waals surface area contributed by atoms with Gasteiger partial charge in [-0.15, -0.1) is 0 Å². The molecule has 0 aliphatic heterocycles. The summed E-state index contributed by atoms with van der Waals surface area (Å²) in [6, 6.07) is 21.0. The lowest BCUT2D eigenvalue weighted by Crippen LogP contribution is -2.09. The van der Waals surface area contributed by atoms with E-state index < -0.39 is 5.97 Å². The summed E-state index contributed by atoms with van der Waals surface area (Å²) in [6.45, 7) is 0.255. The summed E-state index contributed by atoms with van der Waals surface area (Å²) < 4.78 is 5.73. The third-order valence-electron chi connectivity index (χ3n) is 4.32. The number of nitrogens with one attached hydrogen (secondary N) is 1. The molecule has 0 atom stereocenters. The predicted octanol–water partition coefficient (Wildman–Crippen LogP) is 3.87. The number of para-hydroxylation sites is 1. The molecule has 1 heterocycles. The zero-order chi connectivity index (χ0) is 19.5. The first-order chi connectivity index (χ1) is 13.6. The van der Waals surface area contributed by atoms with E-state index >= 15 is 0 Å². The number of ether oxygens (including phenoxy) is 1. The summed E-state index contributed by atoms with van der Waals surface area (Å²) >= 11 is 0. The van der Waals surface area contributed by atoms with E-state index in [0.717, 1.165) is 11.1 Å². The molecule has 2 N–H and O–H groups in total. The minimum Gasteiger partial charge on any atom is -0.489 e. The Kier molecular flexibility index (Phi) is 4.60. The second-order valence-corrected chi connectivity index (χ2v) is 6.25. The number of carboxylic acid groups (broad SMARTS) is 1. The van der Waals surface area contributed by atoms with Crippen LogP contribution < -0.4 is 10.3 Å². The van der Waals surface area contributed by atoms with Crippen LogP contribution in [0.15, 0.2) is 77.6 Å². The molecule has 6 heteroatoms. The number of nitrogens with zero attached hydrogens (tertiary/aromatic N) is 1. The first kappa shape index (κ1) is 17.5. The third-order valence-corrected chi connectivity index (χ3v) is 4.32. The van der Waals surface area contributed by atoms with Crippen molar-refractivity contribution in [3.63, 3.8) is 0 Å². The molecular formula is C22H16N2O4. The molecule has 4 rings (SSSR count). The van der Waals surface area contributed by atoms with E-state index in [9.17, 15) is 9.59 Å². The molecule has 0 aliphatic rings. The van der Waals surface area contributed by atoms with Gasteiger partial charge in [0.05, 0.1) is 16.5 Å². The molecule has 0 fully saturated rings. The van der Waals surface area contributed by atoms with Crippen LogP contribution in [0.25, 0.3) is 22.3 Å². The molecule has 0 radical (unpaired) electrons. The number of fused-ring (bicyclic) bond motifs is 1. The average molecular weight is 372 g/mol. The lowest BCUT2D eigenvalue weighted by Gasteiger charge is -2.08. The highest BCUT2D eigenvalue weighted by atomic mass is 16.5. The smallest absolute Gasteiger partial charge is 0.335 e. The van der Waals surface area contributed by atoms with E-state index in [-0.39, 0.29) is 17.7 Å². The Balaban J connectivity index is 1.52. The van der Waals surface area contributed by atoms with Crippen LogP contribution in [-0.4, -0.2) is 21.0 Å². The van der Waals surface area contributed by atoms with E-state index in [0.29, 0.717) is 22.5 Å². The first-order valence-corrected chi connectivity index (χ1v) is 8.65. The summed E-state index contributed by atoms with van der Waals surface area (Å²) in [6.07, 6.45) is 0. The number of carboxylic acids is 1. The Morgan fingerprint density at radius 3 is 2.57 bits per heavy atom. The fourth-order valence-corrected chi connectivity index (χ4v) is 2.89. The van der Waals surface area contributed by atoms with Crippen LogP contribution >= 0.6 is 0 Å². The van der Waals surface area contributed by atoms with Crippen molar-refractivity contribution in [1.29, 1.82) is 0 Å². The standard InChI is InChI=1S/C22H16N2O4/c25-21-18-6-1-2-7-19(18)23-20(24-21)15-8-10-17(11-9-15)28-13-14-4-3-5-16(12-14)22(26)27/h1-12H,13H2,(H,26,27)(H,23,24,25). The van der Waals surface area contributed by atoms with Gasteiger partial charge < -0.3 is 14.8 Å². The molecular weight excluding hydrogens is 356 g/mol. The van der Waals surface area contributed by atoms with Gasteiger partial charge in [-0.05, 0) is 54.1 Å². The van der Waals surface area contributed by atoms with Crippen molar-refractivity contribution < 1.29 is 14.6 Å². The molecule has 0 amide bonds. The maximum atomic E-state index is 12.2. The molecule has 6 nitrogen and oxygen atoms in total. The Bertz CT molecular complexity index is 1210. The van der Waals surface area contributed by atoms with Crippen LogP contribution in [0.5, 0.6) is 5.75 Å². The Morgan fingerprint density at radius 2 is 1.79 bits per heavy atom. The maximum absolute atomic E-state index is 12.2. The minimum absolute atomic E-state index is 0.181. The number of hydrogen-bond acceptors (Lipinski definition) is 4. The van der Waals surface area contributed by atoms with Crippen molar-refractivity contribution in [3.05, 3.63) is 94.3 Å². The van der Waals surface area contributed by atoms with Gasteiger partial charge >= 0.3 is 5.97 Å². The number of aromatic carboxylic acids is 1. The van der Waals surface area contributed by atoms with E-state index in [1.807, 2.05) is 24.3 Å². The number of benzene rings is 3. The van der Waals surface area contributed by atoms with Crippen molar-refractivity contribution >= 4 is 16.9 Å². The van der Waals surface area contributed by atoms with Gasteiger partial charge in [-0.25, -0.2) is 9.78 Å². The number of carbonyl (C=O) groups is 1. The second kappa shape index (κ2) is 7.36. The van der Waals surface area contributed by atoms with Gasteiger partial charge in [0, 0.05) is 5.56 Å². The van der Waals surface area contributed by atoms with Crippen LogP contribution in [0.3, 0.4) is 0 Å². The number of H-pyrrole nitrogens is 1. The zero-order valence-electron chi connectivity index (χ0n) is 14.8. The molecule has 28 heavy (non-hydrogen) atoms. The van der Waals surface area contributed by atoms with E-state index in [4.69, 9.17) is 9.84 Å². The fraction of sp³-hybridized carbons (Fsp3) is 0.0455. The predicted molar refractivity (Wildman–Crippen MR) is 106 cm³/mol. The van der Waals surface area contributed by atoms with Crippen LogP contribution in [0.4, 0.5) is 0 Å². The monoisotopic (exact) mass is 372 g/mol. The highest BCUT2D eigenvalue weighted by Gasteiger charge is 2.07. The number of rotatable bonds is 5. The van der Waals surface area contributed by atoms with Crippen molar-refractivity contribution in [2.24, 2.45) is 0 Å². The Hall–Kier alpha value is -3.93. The highest BCUT2D eigenvalue weighted by molar-refractivity contribution is 5.87. The third kappa shape index (κ3) is 3.61. The molecule has 0 bridgehead atoms. The first-order valence-electron chi connectivity index (χ1n) is 8.65. The lowest BCUT2D eigenvalue weighted by atomic mass is 10.1. The molecule has 1 aromatic heterocycles. The molecule has 138 valence electrons. The summed E-state index contributed by atoms with van der Waals surface area (Å²) in [5, 5.41) is 9.60. The van der Waals surface area contributed by atoms with Crippen LogP contribution in [0, 0.1) is 0 Å². The lowest BCUT2D eigenvalue weighted by molar-refractivity contribution is 0.0696. The molecule has 4 aromatic rings. The summed E-state index contributed by atoms with van der Waals surface area (Å²) in [4.78, 5) is 30.5. The van der Waals surface area contributed by atoms with Gasteiger partial charge in [0.2, 0.25) is 0 Å². The average Bonchev–Trinajstić information content (AvgIpc) is 2.73. The van der Waals surface area contributed by atoms with Crippen LogP contribution in [0.2, 0.25) is 0 Å². The van der Waals surface area contributed by atoms with Crippen molar-refractivity contribution in [2.75, 3.05) is 0 Å². The van der Waals surface area contributed by atoms with Gasteiger partial charge in [-0.1, -0.05) is 24.3 Å². The topological polar surface area (TPSA) is 92.3 Å². The molecule has 0 saturated carbocycles. The van der Waals surface area contributed by atoms with Crippen LogP contribution in [-0.2, 0) is 6.61 Å². The van der Waals surface area contributed by atoms with Crippen molar-refractivity contribution in [2.45, 2.75) is 6.61 Å². The summed E-state index contributed by atoms with van der Waals surface area (Å²) in [7, 11) is 0. The number of aromatic nitrogens is 2. The summed E-state index contributed by atoms with van der Waals surface area (Å²) in [5.74, 6) is 0.153. The van der Waals surface area contributed by atoms with E-state index in [1.165, 1.54) is 6.07 Å². The van der Waals surface area contributed by atoms with Gasteiger partial charge in [0.25, 0.3) is 5.56 Å². The van der Waals surface area contributed by atoms with E-state index in [2.05, 4.69) is 9.97 Å². The van der Waals surface area contributed by atoms with Crippen molar-refractivity contribution in [3.8, 4) is 17.1 Å². The fourth-order valence-electron chi connectivity index (χ4n) is 2.89. The Morgan fingerprint density at radius 1 is 1.00 bits per heavy atom. The Labute approximate surface area is 160 Å². The van der Waals surface area contributed by atoms with Gasteiger partial charge in [-0.2, -0.15) is 0 Å². The number of hydrogen-bond donors (Lipinski definition) is 2. The van der Waals surface area contributed by atoms with E-state index in [1.54, 1.807) is 42.5 Å². The highest BCUT2D eigenvalue weighted by Crippen LogP contribution is 2.21. The van der Waals surface area contributed by atoms with Gasteiger partial charge in [0.15, 0.2) is 0 Å². The SMILES string of the molecule is O=C(O)c1cccc(COc2ccc(-c3nc4ccccc4c(=O)[nH]3)cc2)c1. The zero-order valence-corrected chi connectivity index (χ0v) is 14.8. The maximum Gasteiger partial charge on any atom is 0.335 e. The quantitative estimate of drug-likeness (QED) is 0.555. The van der Waals surface area contributed by atoms with Gasteiger partial charge in [-0.3, -0.25) is 4.79 Å². The van der Waals surface area contributed by atoms with Crippen LogP contribution in [0.1, 0.15) is 15.9 Å².